The summed E-state index contributed by atoms with van der Waals surface area (Å²) in [6, 6.07) is 0.810. The molecule has 0 aliphatic heterocycles. The van der Waals surface area contributed by atoms with Crippen LogP contribution in [0.4, 0.5) is 0 Å². The molecule has 2 aliphatic rings. The van der Waals surface area contributed by atoms with Crippen LogP contribution in [-0.2, 0) is 0 Å². The molecule has 1 nitrogen and oxygen atoms in total. The molecule has 94 valence electrons. The molecule has 0 heterocycles. The van der Waals surface area contributed by atoms with Gasteiger partial charge in [0.15, 0.2) is 0 Å². The van der Waals surface area contributed by atoms with E-state index in [9.17, 15) is 0 Å². The maximum atomic E-state index is 3.89. The van der Waals surface area contributed by atoms with E-state index in [-0.39, 0.29) is 0 Å². The van der Waals surface area contributed by atoms with Crippen LogP contribution in [0.3, 0.4) is 0 Å². The predicted octanol–water partition coefficient (Wildman–Crippen LogP) is 3.84. The Hall–Kier alpha value is -0.0400. The molecule has 0 amide bonds. The second-order valence-electron chi connectivity index (χ2n) is 6.64. The van der Waals surface area contributed by atoms with Gasteiger partial charge in [0.25, 0.3) is 0 Å². The van der Waals surface area contributed by atoms with E-state index < -0.39 is 0 Å². The average molecular weight is 223 g/mol. The maximum Gasteiger partial charge on any atom is 0.0100 e. The van der Waals surface area contributed by atoms with Gasteiger partial charge in [-0.05, 0) is 55.9 Å². The molecule has 3 unspecified atom stereocenters. The normalized spacial score (nSPS) is 36.4. The van der Waals surface area contributed by atoms with Crippen molar-refractivity contribution in [3.8, 4) is 0 Å². The van der Waals surface area contributed by atoms with Crippen molar-refractivity contribution < 1.29 is 0 Å². The molecular weight excluding hydrogens is 194 g/mol. The van der Waals surface area contributed by atoms with E-state index in [1.807, 2.05) is 0 Å². The van der Waals surface area contributed by atoms with Gasteiger partial charge in [0.2, 0.25) is 0 Å². The summed E-state index contributed by atoms with van der Waals surface area (Å²) in [5.74, 6) is 3.72. The number of hydrogen-bond donors (Lipinski definition) is 1. The molecule has 0 radical (unpaired) electrons. The highest BCUT2D eigenvalue weighted by atomic mass is 14.9. The van der Waals surface area contributed by atoms with Crippen LogP contribution in [0.25, 0.3) is 0 Å². The molecule has 0 spiro atoms. The van der Waals surface area contributed by atoms with Crippen molar-refractivity contribution in [2.24, 2.45) is 23.7 Å². The zero-order valence-electron chi connectivity index (χ0n) is 11.3. The van der Waals surface area contributed by atoms with Gasteiger partial charge < -0.3 is 5.32 Å². The van der Waals surface area contributed by atoms with Crippen molar-refractivity contribution in [3.63, 3.8) is 0 Å². The van der Waals surface area contributed by atoms with Crippen LogP contribution < -0.4 is 5.32 Å². The molecule has 2 saturated carbocycles. The van der Waals surface area contributed by atoms with E-state index in [2.05, 4.69) is 26.1 Å². The zero-order chi connectivity index (χ0) is 11.5. The van der Waals surface area contributed by atoms with Crippen LogP contribution in [0, 0.1) is 23.7 Å². The molecule has 0 aromatic heterocycles. The third-order valence-electron chi connectivity index (χ3n) is 4.92. The lowest BCUT2D eigenvalue weighted by atomic mass is 9.73. The van der Waals surface area contributed by atoms with Crippen LogP contribution in [0.2, 0.25) is 0 Å². The molecule has 16 heavy (non-hydrogen) atoms. The number of rotatable bonds is 4. The summed E-state index contributed by atoms with van der Waals surface area (Å²) in [6.07, 6.45) is 8.73. The smallest absolute Gasteiger partial charge is 0.0100 e. The fourth-order valence-electron chi connectivity index (χ4n) is 3.45. The van der Waals surface area contributed by atoms with Crippen LogP contribution >= 0.6 is 0 Å². The largest absolute Gasteiger partial charge is 0.313 e. The van der Waals surface area contributed by atoms with E-state index in [0.717, 1.165) is 29.7 Å². The Morgan fingerprint density at radius 2 is 1.88 bits per heavy atom. The van der Waals surface area contributed by atoms with E-state index in [1.54, 1.807) is 0 Å². The standard InChI is InChI=1S/C15H29N/c1-11(2)14-8-7-12(3)9-15(14)16-10-13-5-4-6-13/h11-16H,4-10H2,1-3H3. The third-order valence-corrected chi connectivity index (χ3v) is 4.92. The van der Waals surface area contributed by atoms with Gasteiger partial charge in [-0.25, -0.2) is 0 Å². The lowest BCUT2D eigenvalue weighted by molar-refractivity contribution is 0.157. The van der Waals surface area contributed by atoms with E-state index in [0.29, 0.717) is 0 Å². The maximum absolute atomic E-state index is 3.89. The molecular formula is C15H29N. The van der Waals surface area contributed by atoms with Crippen molar-refractivity contribution in [2.45, 2.75) is 65.3 Å². The van der Waals surface area contributed by atoms with E-state index in [1.165, 1.54) is 45.1 Å². The highest BCUT2D eigenvalue weighted by Crippen LogP contribution is 2.34. The Labute approximate surface area is 101 Å². The highest BCUT2D eigenvalue weighted by molar-refractivity contribution is 4.86. The SMILES string of the molecule is CC1CCC(C(C)C)C(NCC2CCC2)C1. The summed E-state index contributed by atoms with van der Waals surface area (Å²) in [5, 5.41) is 3.89. The summed E-state index contributed by atoms with van der Waals surface area (Å²) in [4.78, 5) is 0. The van der Waals surface area contributed by atoms with E-state index in [4.69, 9.17) is 0 Å². The summed E-state index contributed by atoms with van der Waals surface area (Å²) in [7, 11) is 0. The van der Waals surface area contributed by atoms with Gasteiger partial charge in [-0.3, -0.25) is 0 Å². The lowest BCUT2D eigenvalue weighted by Crippen LogP contribution is -2.45. The molecule has 0 bridgehead atoms. The molecule has 2 fully saturated rings. The van der Waals surface area contributed by atoms with Crippen molar-refractivity contribution >= 4 is 0 Å². The molecule has 2 aliphatic carbocycles. The van der Waals surface area contributed by atoms with Crippen LogP contribution in [0.15, 0.2) is 0 Å². The highest BCUT2D eigenvalue weighted by Gasteiger charge is 2.31. The Bertz CT molecular complexity index is 207. The molecule has 1 N–H and O–H groups in total. The number of hydrogen-bond acceptors (Lipinski definition) is 1. The first-order valence-electron chi connectivity index (χ1n) is 7.40. The molecule has 0 aromatic rings. The minimum atomic E-state index is 0.810. The Kier molecular flexibility index (Phi) is 4.29. The Balaban J connectivity index is 1.81. The minimum Gasteiger partial charge on any atom is -0.313 e. The van der Waals surface area contributed by atoms with Gasteiger partial charge in [0.1, 0.15) is 0 Å². The Morgan fingerprint density at radius 3 is 2.44 bits per heavy atom. The lowest BCUT2D eigenvalue weighted by Gasteiger charge is -2.39. The molecule has 0 aromatic carbocycles. The fraction of sp³-hybridized carbons (Fsp3) is 1.00. The fourth-order valence-corrected chi connectivity index (χ4v) is 3.45. The summed E-state index contributed by atoms with van der Waals surface area (Å²) in [5.41, 5.74) is 0. The van der Waals surface area contributed by atoms with Gasteiger partial charge >= 0.3 is 0 Å². The van der Waals surface area contributed by atoms with Gasteiger partial charge in [-0.1, -0.05) is 33.6 Å². The first-order chi connectivity index (χ1) is 7.66. The van der Waals surface area contributed by atoms with Crippen LogP contribution in [0.1, 0.15) is 59.3 Å². The quantitative estimate of drug-likeness (QED) is 0.763. The third kappa shape index (κ3) is 3.00. The first kappa shape index (κ1) is 12.4. The predicted molar refractivity (Wildman–Crippen MR) is 70.5 cm³/mol. The molecule has 2 rings (SSSR count). The van der Waals surface area contributed by atoms with Crippen molar-refractivity contribution in [2.75, 3.05) is 6.54 Å². The second kappa shape index (κ2) is 5.53. The molecule has 1 heteroatoms. The first-order valence-corrected chi connectivity index (χ1v) is 7.40. The van der Waals surface area contributed by atoms with Gasteiger partial charge in [0, 0.05) is 6.04 Å². The second-order valence-corrected chi connectivity index (χ2v) is 6.64. The van der Waals surface area contributed by atoms with E-state index >= 15 is 0 Å². The topological polar surface area (TPSA) is 12.0 Å². The molecule has 0 saturated heterocycles. The zero-order valence-corrected chi connectivity index (χ0v) is 11.3. The summed E-state index contributed by atoms with van der Waals surface area (Å²) in [6.45, 7) is 8.52. The molecule has 3 atom stereocenters. The number of nitrogens with one attached hydrogen (secondary N) is 1. The average Bonchev–Trinajstić information content (AvgIpc) is 2.14. The van der Waals surface area contributed by atoms with Gasteiger partial charge in [-0.2, -0.15) is 0 Å². The summed E-state index contributed by atoms with van der Waals surface area (Å²) >= 11 is 0. The van der Waals surface area contributed by atoms with Crippen LogP contribution in [0.5, 0.6) is 0 Å². The monoisotopic (exact) mass is 223 g/mol. The van der Waals surface area contributed by atoms with Gasteiger partial charge in [0.05, 0.1) is 0 Å². The Morgan fingerprint density at radius 1 is 1.12 bits per heavy atom. The van der Waals surface area contributed by atoms with Crippen molar-refractivity contribution in [3.05, 3.63) is 0 Å². The summed E-state index contributed by atoms with van der Waals surface area (Å²) < 4.78 is 0. The van der Waals surface area contributed by atoms with Crippen LogP contribution in [-0.4, -0.2) is 12.6 Å². The van der Waals surface area contributed by atoms with Gasteiger partial charge in [-0.15, -0.1) is 0 Å². The van der Waals surface area contributed by atoms with Crippen molar-refractivity contribution in [1.82, 2.24) is 5.32 Å². The van der Waals surface area contributed by atoms with Crippen molar-refractivity contribution in [1.29, 1.82) is 0 Å². The minimum absolute atomic E-state index is 0.810.